The van der Waals surface area contributed by atoms with Crippen molar-refractivity contribution in [2.75, 3.05) is 13.1 Å². The minimum absolute atomic E-state index is 0.0850. The van der Waals surface area contributed by atoms with E-state index < -0.39 is 23.2 Å². The Kier molecular flexibility index (Phi) is 4.65. The summed E-state index contributed by atoms with van der Waals surface area (Å²) in [5.74, 6) is -1.40. The average molecular weight is 340 g/mol. The Morgan fingerprint density at radius 3 is 2.61 bits per heavy atom. The number of hydrogen-bond acceptors (Lipinski definition) is 5. The number of carboxylic acids is 1. The fourth-order valence-electron chi connectivity index (χ4n) is 2.37. The Balaban J connectivity index is 2.10. The van der Waals surface area contributed by atoms with E-state index in [1.54, 1.807) is 38.3 Å². The van der Waals surface area contributed by atoms with Gasteiger partial charge in [0.25, 0.3) is 5.91 Å². The van der Waals surface area contributed by atoms with Gasteiger partial charge in [0.1, 0.15) is 5.60 Å². The summed E-state index contributed by atoms with van der Waals surface area (Å²) < 4.78 is 5.13. The van der Waals surface area contributed by atoms with E-state index >= 15 is 0 Å². The largest absolute Gasteiger partial charge is 0.479 e. The Hall–Kier alpha value is -2.09. The quantitative estimate of drug-likeness (QED) is 0.877. The highest BCUT2D eigenvalue weighted by molar-refractivity contribution is 7.12. The summed E-state index contributed by atoms with van der Waals surface area (Å²) in [7, 11) is 0. The third-order valence-corrected chi connectivity index (χ3v) is 4.30. The molecule has 1 aliphatic heterocycles. The number of hydrogen-bond donors (Lipinski definition) is 2. The molecular weight excluding hydrogens is 320 g/mol. The van der Waals surface area contributed by atoms with Gasteiger partial charge in [0.2, 0.25) is 0 Å². The highest BCUT2D eigenvalue weighted by atomic mass is 32.1. The fourth-order valence-corrected chi connectivity index (χ4v) is 3.06. The third kappa shape index (κ3) is 4.01. The first-order valence-corrected chi connectivity index (χ1v) is 8.08. The Labute approximate surface area is 138 Å². The highest BCUT2D eigenvalue weighted by Crippen LogP contribution is 2.25. The van der Waals surface area contributed by atoms with Crippen molar-refractivity contribution < 1.29 is 24.2 Å². The Morgan fingerprint density at radius 1 is 1.39 bits per heavy atom. The van der Waals surface area contributed by atoms with Gasteiger partial charge in [0.05, 0.1) is 11.4 Å². The summed E-state index contributed by atoms with van der Waals surface area (Å²) >= 11 is 1.30. The van der Waals surface area contributed by atoms with Crippen LogP contribution >= 0.6 is 11.3 Å². The molecule has 0 saturated carbocycles. The molecule has 1 aromatic heterocycles. The number of amides is 2. The molecule has 0 radical (unpaired) electrons. The lowest BCUT2D eigenvalue weighted by molar-refractivity contribution is -0.144. The Morgan fingerprint density at radius 2 is 2.09 bits per heavy atom. The lowest BCUT2D eigenvalue weighted by atomic mass is 9.99. The molecule has 2 amide bonds. The second kappa shape index (κ2) is 6.19. The zero-order valence-corrected chi connectivity index (χ0v) is 14.1. The third-order valence-electron chi connectivity index (χ3n) is 3.44. The van der Waals surface area contributed by atoms with Crippen LogP contribution in [0.5, 0.6) is 0 Å². The number of likely N-dealkylation sites (tertiary alicyclic amines) is 1. The van der Waals surface area contributed by atoms with Gasteiger partial charge in [-0.2, -0.15) is 0 Å². The van der Waals surface area contributed by atoms with Crippen molar-refractivity contribution in [3.05, 3.63) is 22.4 Å². The topological polar surface area (TPSA) is 95.9 Å². The molecule has 7 nitrogen and oxygen atoms in total. The van der Waals surface area contributed by atoms with E-state index in [9.17, 15) is 19.5 Å². The van der Waals surface area contributed by atoms with Crippen LogP contribution < -0.4 is 5.32 Å². The number of aliphatic carboxylic acids is 1. The van der Waals surface area contributed by atoms with Crippen LogP contribution in [0.15, 0.2) is 17.5 Å². The van der Waals surface area contributed by atoms with Crippen LogP contribution in [-0.2, 0) is 9.53 Å². The molecule has 0 aliphatic carbocycles. The molecule has 2 N–H and O–H groups in total. The number of alkyl carbamates (subject to hydrolysis) is 1. The molecule has 0 bridgehead atoms. The van der Waals surface area contributed by atoms with Crippen molar-refractivity contribution in [3.63, 3.8) is 0 Å². The van der Waals surface area contributed by atoms with Crippen molar-refractivity contribution in [1.82, 2.24) is 10.2 Å². The molecular formula is C15H20N2O5S. The summed E-state index contributed by atoms with van der Waals surface area (Å²) in [6.07, 6.45) is -0.663. The number of carbonyl (C=O) groups excluding carboxylic acids is 2. The molecule has 1 unspecified atom stereocenters. The number of nitrogens with zero attached hydrogens (tertiary/aromatic N) is 1. The first-order chi connectivity index (χ1) is 10.6. The predicted molar refractivity (Wildman–Crippen MR) is 84.6 cm³/mol. The van der Waals surface area contributed by atoms with Crippen LogP contribution in [-0.4, -0.2) is 52.2 Å². The summed E-state index contributed by atoms with van der Waals surface area (Å²) in [4.78, 5) is 37.9. The van der Waals surface area contributed by atoms with Gasteiger partial charge in [-0.25, -0.2) is 9.59 Å². The molecule has 0 spiro atoms. The van der Waals surface area contributed by atoms with E-state index in [-0.39, 0.29) is 25.4 Å². The van der Waals surface area contributed by atoms with Gasteiger partial charge in [0, 0.05) is 13.0 Å². The van der Waals surface area contributed by atoms with Gasteiger partial charge in [-0.1, -0.05) is 6.07 Å². The van der Waals surface area contributed by atoms with Crippen LogP contribution in [0.4, 0.5) is 4.79 Å². The van der Waals surface area contributed by atoms with Gasteiger partial charge in [-0.15, -0.1) is 11.3 Å². The maximum absolute atomic E-state index is 12.3. The molecule has 0 aromatic carbocycles. The van der Waals surface area contributed by atoms with Crippen molar-refractivity contribution in [1.29, 1.82) is 0 Å². The van der Waals surface area contributed by atoms with Crippen molar-refractivity contribution in [2.45, 2.75) is 38.3 Å². The van der Waals surface area contributed by atoms with Crippen LogP contribution in [0.3, 0.4) is 0 Å². The summed E-state index contributed by atoms with van der Waals surface area (Å²) in [6.45, 7) is 5.26. The number of ether oxygens (including phenoxy) is 1. The van der Waals surface area contributed by atoms with E-state index in [2.05, 4.69) is 5.32 Å². The minimum Gasteiger partial charge on any atom is -0.479 e. The molecule has 1 aromatic rings. The molecule has 2 rings (SSSR count). The van der Waals surface area contributed by atoms with Gasteiger partial charge in [-0.3, -0.25) is 4.79 Å². The first kappa shape index (κ1) is 17.3. The fraction of sp³-hybridized carbons (Fsp3) is 0.533. The smallest absolute Gasteiger partial charge is 0.408 e. The first-order valence-electron chi connectivity index (χ1n) is 7.20. The lowest BCUT2D eigenvalue weighted by Crippen LogP contribution is -2.57. The number of thiophene rings is 1. The second-order valence-corrected chi connectivity index (χ2v) is 7.42. The second-order valence-electron chi connectivity index (χ2n) is 6.47. The SMILES string of the molecule is CC(C)(C)OC(=O)NC1(C(=O)O)CCN(C(=O)c2cccs2)C1. The van der Waals surface area contributed by atoms with Gasteiger partial charge >= 0.3 is 12.1 Å². The molecule has 2 heterocycles. The summed E-state index contributed by atoms with van der Waals surface area (Å²) in [6, 6.07) is 3.45. The van der Waals surface area contributed by atoms with E-state index in [0.29, 0.717) is 4.88 Å². The zero-order chi connectivity index (χ0) is 17.3. The zero-order valence-electron chi connectivity index (χ0n) is 13.3. The normalized spacial score (nSPS) is 21.1. The molecule has 1 aliphatic rings. The van der Waals surface area contributed by atoms with Crippen LogP contribution in [0.2, 0.25) is 0 Å². The van der Waals surface area contributed by atoms with Gasteiger partial charge < -0.3 is 20.1 Å². The predicted octanol–water partition coefficient (Wildman–Crippen LogP) is 1.94. The summed E-state index contributed by atoms with van der Waals surface area (Å²) in [5.41, 5.74) is -2.25. The van der Waals surface area contributed by atoms with Crippen LogP contribution in [0.25, 0.3) is 0 Å². The average Bonchev–Trinajstić information content (AvgIpc) is 3.05. The highest BCUT2D eigenvalue weighted by Gasteiger charge is 2.48. The standard InChI is InChI=1S/C15H20N2O5S/c1-14(2,3)22-13(21)16-15(12(19)20)6-7-17(9-15)11(18)10-5-4-8-23-10/h4-5,8H,6-7,9H2,1-3H3,(H,16,21)(H,19,20). The minimum atomic E-state index is -1.52. The molecule has 8 heteroatoms. The Bertz CT molecular complexity index is 608. The van der Waals surface area contributed by atoms with E-state index in [1.165, 1.54) is 16.2 Å². The molecule has 1 atom stereocenters. The molecule has 23 heavy (non-hydrogen) atoms. The van der Waals surface area contributed by atoms with Crippen molar-refractivity contribution >= 4 is 29.3 Å². The van der Waals surface area contributed by atoms with E-state index in [1.807, 2.05) is 0 Å². The monoisotopic (exact) mass is 340 g/mol. The number of rotatable bonds is 3. The van der Waals surface area contributed by atoms with Crippen molar-refractivity contribution in [3.8, 4) is 0 Å². The maximum Gasteiger partial charge on any atom is 0.408 e. The van der Waals surface area contributed by atoms with Crippen molar-refractivity contribution in [2.24, 2.45) is 0 Å². The van der Waals surface area contributed by atoms with Gasteiger partial charge in [0.15, 0.2) is 5.54 Å². The number of carboxylic acid groups (broad SMARTS) is 1. The van der Waals surface area contributed by atoms with E-state index in [4.69, 9.17) is 4.74 Å². The molecule has 1 fully saturated rings. The summed E-state index contributed by atoms with van der Waals surface area (Å²) in [5, 5.41) is 13.7. The van der Waals surface area contributed by atoms with E-state index in [0.717, 1.165) is 0 Å². The lowest BCUT2D eigenvalue weighted by Gasteiger charge is -2.28. The van der Waals surface area contributed by atoms with Crippen LogP contribution in [0.1, 0.15) is 36.9 Å². The van der Waals surface area contributed by atoms with Gasteiger partial charge in [-0.05, 0) is 32.2 Å². The van der Waals surface area contributed by atoms with Crippen LogP contribution in [0, 0.1) is 0 Å². The molecule has 126 valence electrons. The number of nitrogens with one attached hydrogen (secondary N) is 1. The number of carbonyl (C=O) groups is 3. The molecule has 1 saturated heterocycles. The maximum atomic E-state index is 12.3.